The molecule has 5 nitrogen and oxygen atoms in total. The number of amides is 1. The number of rotatable bonds is 3. The van der Waals surface area contributed by atoms with Crippen LogP contribution in [0.4, 0.5) is 5.69 Å². The molecule has 1 saturated heterocycles. The quantitative estimate of drug-likeness (QED) is 0.617. The van der Waals surface area contributed by atoms with E-state index in [4.69, 9.17) is 16.3 Å². The third-order valence-corrected chi connectivity index (χ3v) is 6.93. The molecular weight excluding hydrogens is 410 g/mol. The molecule has 0 aliphatic carbocycles. The van der Waals surface area contributed by atoms with Crippen molar-refractivity contribution in [2.75, 3.05) is 37.1 Å². The van der Waals surface area contributed by atoms with Gasteiger partial charge in [-0.15, -0.1) is 11.6 Å². The number of para-hydroxylation sites is 1. The molecule has 0 saturated carbocycles. The number of nitrogens with zero attached hydrogens (tertiary/aromatic N) is 2. The molecule has 0 radical (unpaired) electrons. The van der Waals surface area contributed by atoms with Crippen LogP contribution < -0.4 is 4.90 Å². The Labute approximate surface area is 187 Å². The van der Waals surface area contributed by atoms with E-state index in [-0.39, 0.29) is 23.9 Å². The Balaban J connectivity index is 1.63. The highest BCUT2D eigenvalue weighted by atomic mass is 35.5. The maximum Gasteiger partial charge on any atom is 0.238 e. The van der Waals surface area contributed by atoms with Crippen molar-refractivity contribution in [3.8, 4) is 0 Å². The summed E-state index contributed by atoms with van der Waals surface area (Å²) in [5, 5.41) is 1.25. The van der Waals surface area contributed by atoms with Crippen molar-refractivity contribution in [2.24, 2.45) is 0 Å². The third-order valence-electron chi connectivity index (χ3n) is 6.70. The van der Waals surface area contributed by atoms with Crippen LogP contribution in [0.15, 0.2) is 42.5 Å². The number of benzene rings is 2. The SMILES string of the molecule is Cc1cc(N2CCOCC2)ccc1C1c2[nH]c3ccccc3c2C[C@H](C)N1C(=O)CCl. The van der Waals surface area contributed by atoms with Gasteiger partial charge in [0.2, 0.25) is 5.91 Å². The van der Waals surface area contributed by atoms with E-state index in [1.807, 2.05) is 11.0 Å². The lowest BCUT2D eigenvalue weighted by atomic mass is 9.86. The smallest absolute Gasteiger partial charge is 0.238 e. The average Bonchev–Trinajstić information content (AvgIpc) is 3.16. The second kappa shape index (κ2) is 8.21. The summed E-state index contributed by atoms with van der Waals surface area (Å²) in [5.41, 5.74) is 7.08. The second-order valence-corrected chi connectivity index (χ2v) is 8.86. The number of morpholine rings is 1. The molecule has 1 N–H and O–H groups in total. The maximum atomic E-state index is 13.0. The van der Waals surface area contributed by atoms with Crippen molar-refractivity contribution in [2.45, 2.75) is 32.4 Å². The molecule has 3 aromatic rings. The van der Waals surface area contributed by atoms with Crippen LogP contribution >= 0.6 is 11.6 Å². The van der Waals surface area contributed by atoms with E-state index in [2.05, 4.69) is 60.1 Å². The minimum Gasteiger partial charge on any atom is -0.378 e. The van der Waals surface area contributed by atoms with E-state index in [0.29, 0.717) is 0 Å². The lowest BCUT2D eigenvalue weighted by molar-refractivity contribution is -0.133. The number of carbonyl (C=O) groups is 1. The van der Waals surface area contributed by atoms with Gasteiger partial charge in [-0.2, -0.15) is 0 Å². The van der Waals surface area contributed by atoms with Crippen LogP contribution in [-0.4, -0.2) is 54.0 Å². The van der Waals surface area contributed by atoms with Gasteiger partial charge >= 0.3 is 0 Å². The third kappa shape index (κ3) is 3.50. The number of hydrogen-bond acceptors (Lipinski definition) is 3. The molecule has 162 valence electrons. The molecule has 2 aliphatic rings. The van der Waals surface area contributed by atoms with Gasteiger partial charge in [0, 0.05) is 41.4 Å². The molecule has 5 rings (SSSR count). The highest BCUT2D eigenvalue weighted by Gasteiger charge is 2.38. The van der Waals surface area contributed by atoms with Crippen LogP contribution in [0.25, 0.3) is 10.9 Å². The fourth-order valence-electron chi connectivity index (χ4n) is 5.21. The summed E-state index contributed by atoms with van der Waals surface area (Å²) in [6.07, 6.45) is 0.823. The number of aromatic nitrogens is 1. The van der Waals surface area contributed by atoms with Gasteiger partial charge in [0.15, 0.2) is 0 Å². The van der Waals surface area contributed by atoms with Crippen LogP contribution in [0.2, 0.25) is 0 Å². The van der Waals surface area contributed by atoms with E-state index in [1.165, 1.54) is 22.2 Å². The van der Waals surface area contributed by atoms with Crippen molar-refractivity contribution in [3.05, 3.63) is 64.8 Å². The summed E-state index contributed by atoms with van der Waals surface area (Å²) < 4.78 is 5.50. The highest BCUT2D eigenvalue weighted by Crippen LogP contribution is 2.42. The number of aryl methyl sites for hydroxylation is 1. The molecule has 1 amide bonds. The number of alkyl halides is 1. The Morgan fingerprint density at radius 2 is 1.97 bits per heavy atom. The first-order chi connectivity index (χ1) is 15.1. The van der Waals surface area contributed by atoms with Gasteiger partial charge in [-0.1, -0.05) is 24.3 Å². The van der Waals surface area contributed by atoms with E-state index in [9.17, 15) is 4.79 Å². The lowest BCUT2D eigenvalue weighted by Gasteiger charge is -2.41. The van der Waals surface area contributed by atoms with Gasteiger partial charge in [0.25, 0.3) is 0 Å². The highest BCUT2D eigenvalue weighted by molar-refractivity contribution is 6.27. The predicted molar refractivity (Wildman–Crippen MR) is 125 cm³/mol. The second-order valence-electron chi connectivity index (χ2n) is 8.59. The number of nitrogens with one attached hydrogen (secondary N) is 1. The van der Waals surface area contributed by atoms with E-state index >= 15 is 0 Å². The zero-order valence-electron chi connectivity index (χ0n) is 18.0. The Morgan fingerprint density at radius 1 is 1.19 bits per heavy atom. The number of anilines is 1. The Morgan fingerprint density at radius 3 is 2.71 bits per heavy atom. The predicted octanol–water partition coefficient (Wildman–Crippen LogP) is 4.41. The molecule has 0 spiro atoms. The molecule has 1 aromatic heterocycles. The zero-order valence-corrected chi connectivity index (χ0v) is 18.8. The summed E-state index contributed by atoms with van der Waals surface area (Å²) in [7, 11) is 0. The molecule has 31 heavy (non-hydrogen) atoms. The average molecular weight is 438 g/mol. The fourth-order valence-corrected chi connectivity index (χ4v) is 5.35. The van der Waals surface area contributed by atoms with Crippen LogP contribution in [-0.2, 0) is 16.0 Å². The van der Waals surface area contributed by atoms with Crippen LogP contribution in [0.1, 0.15) is 35.3 Å². The number of fused-ring (bicyclic) bond motifs is 3. The number of H-pyrrole nitrogens is 1. The minimum atomic E-state index is -0.170. The first-order valence-corrected chi connectivity index (χ1v) is 11.5. The van der Waals surface area contributed by atoms with Gasteiger partial charge in [0.05, 0.1) is 19.3 Å². The van der Waals surface area contributed by atoms with Crippen molar-refractivity contribution in [1.82, 2.24) is 9.88 Å². The standard InChI is InChI=1S/C25H28ClN3O2/c1-16-13-18(28-9-11-31-12-10-28)7-8-19(16)25-24-21(14-17(2)29(25)23(30)15-26)20-5-3-4-6-22(20)27-24/h3-8,13,17,25,27H,9-12,14-15H2,1-2H3/t17-,25?/m0/s1. The number of ether oxygens (including phenoxy) is 1. The summed E-state index contributed by atoms with van der Waals surface area (Å²) >= 11 is 6.06. The topological polar surface area (TPSA) is 48.6 Å². The molecule has 2 aliphatic heterocycles. The number of hydrogen-bond donors (Lipinski definition) is 1. The van der Waals surface area contributed by atoms with Gasteiger partial charge in [0.1, 0.15) is 5.88 Å². The molecular formula is C25H28ClN3O2. The van der Waals surface area contributed by atoms with Gasteiger partial charge in [-0.3, -0.25) is 4.79 Å². The van der Waals surface area contributed by atoms with E-state index in [0.717, 1.165) is 49.5 Å². The Hall–Kier alpha value is -2.50. The summed E-state index contributed by atoms with van der Waals surface area (Å²) in [5.74, 6) is -0.0402. The first kappa shape index (κ1) is 20.4. The first-order valence-electron chi connectivity index (χ1n) is 11.0. The monoisotopic (exact) mass is 437 g/mol. The van der Waals surface area contributed by atoms with E-state index < -0.39 is 0 Å². The molecule has 0 bridgehead atoms. The molecule has 1 fully saturated rings. The fraction of sp³-hybridized carbons (Fsp3) is 0.400. The molecule has 2 atom stereocenters. The number of aromatic amines is 1. The lowest BCUT2D eigenvalue weighted by Crippen LogP contribution is -2.47. The van der Waals surface area contributed by atoms with Crippen molar-refractivity contribution >= 4 is 34.1 Å². The molecule has 2 aromatic carbocycles. The normalized spacial score (nSPS) is 21.4. The molecule has 1 unspecified atom stereocenters. The van der Waals surface area contributed by atoms with Gasteiger partial charge in [-0.25, -0.2) is 0 Å². The Kier molecular flexibility index (Phi) is 5.40. The number of carbonyl (C=O) groups excluding carboxylic acids is 1. The summed E-state index contributed by atoms with van der Waals surface area (Å²) in [4.78, 5) is 20.9. The maximum absolute atomic E-state index is 13.0. The van der Waals surface area contributed by atoms with Crippen LogP contribution in [0.5, 0.6) is 0 Å². The summed E-state index contributed by atoms with van der Waals surface area (Å²) in [6, 6.07) is 14.9. The zero-order chi connectivity index (χ0) is 21.5. The molecule has 3 heterocycles. The van der Waals surface area contributed by atoms with Gasteiger partial charge < -0.3 is 19.5 Å². The van der Waals surface area contributed by atoms with Crippen LogP contribution in [0.3, 0.4) is 0 Å². The Bertz CT molecular complexity index is 1120. The summed E-state index contributed by atoms with van der Waals surface area (Å²) in [6.45, 7) is 7.60. The minimum absolute atomic E-state index is 0.0126. The van der Waals surface area contributed by atoms with E-state index in [1.54, 1.807) is 0 Å². The van der Waals surface area contributed by atoms with Crippen molar-refractivity contribution < 1.29 is 9.53 Å². The van der Waals surface area contributed by atoms with Gasteiger partial charge in [-0.05, 0) is 55.2 Å². The molecule has 6 heteroatoms. The van der Waals surface area contributed by atoms with Crippen molar-refractivity contribution in [1.29, 1.82) is 0 Å². The number of halogens is 1. The van der Waals surface area contributed by atoms with Crippen molar-refractivity contribution in [3.63, 3.8) is 0 Å². The largest absolute Gasteiger partial charge is 0.378 e. The van der Waals surface area contributed by atoms with Crippen LogP contribution in [0, 0.1) is 6.92 Å².